The number of carbonyl (C=O) groups excluding carboxylic acids is 1. The second-order valence-corrected chi connectivity index (χ2v) is 6.55. The number of pyridine rings is 1. The number of fused-ring (bicyclic) bond motifs is 2. The largest absolute Gasteiger partial charge is 0.474 e. The molecule has 0 N–H and O–H groups in total. The number of amides is 1. The second-order valence-electron chi connectivity index (χ2n) is 6.55. The highest BCUT2D eigenvalue weighted by molar-refractivity contribution is 6.01. The van der Waals surface area contributed by atoms with Gasteiger partial charge in [0.1, 0.15) is 12.3 Å². The fourth-order valence-corrected chi connectivity index (χ4v) is 3.51. The molecule has 1 aromatic carbocycles. The monoisotopic (exact) mass is 335 g/mol. The zero-order valence-corrected chi connectivity index (χ0v) is 14.7. The molecule has 5 heteroatoms. The third-order valence-electron chi connectivity index (χ3n) is 4.85. The SMILES string of the molecule is Cc1ccc2c(n1)OCCN2C(=O)C(C)c1cn(C)c2ccccc12. The molecule has 25 heavy (non-hydrogen) atoms. The molecule has 5 nitrogen and oxygen atoms in total. The third-order valence-corrected chi connectivity index (χ3v) is 4.85. The number of carbonyl (C=O) groups is 1. The van der Waals surface area contributed by atoms with Crippen LogP contribution in [0.2, 0.25) is 0 Å². The molecule has 3 aromatic rings. The molecule has 1 aliphatic rings. The number of nitrogens with zero attached hydrogens (tertiary/aromatic N) is 3. The van der Waals surface area contributed by atoms with Gasteiger partial charge in [-0.25, -0.2) is 4.98 Å². The number of aromatic nitrogens is 2. The van der Waals surface area contributed by atoms with Crippen molar-refractivity contribution in [2.75, 3.05) is 18.1 Å². The highest BCUT2D eigenvalue weighted by Crippen LogP contribution is 2.34. The maximum atomic E-state index is 13.2. The summed E-state index contributed by atoms with van der Waals surface area (Å²) in [6, 6.07) is 12.0. The lowest BCUT2D eigenvalue weighted by Gasteiger charge is -2.30. The van der Waals surface area contributed by atoms with Crippen LogP contribution in [0.25, 0.3) is 10.9 Å². The molecule has 3 heterocycles. The summed E-state index contributed by atoms with van der Waals surface area (Å²) in [6.07, 6.45) is 2.06. The Labute approximate surface area is 146 Å². The van der Waals surface area contributed by atoms with Gasteiger partial charge < -0.3 is 14.2 Å². The molecule has 4 rings (SSSR count). The topological polar surface area (TPSA) is 47.4 Å². The highest BCUT2D eigenvalue weighted by Gasteiger charge is 2.30. The van der Waals surface area contributed by atoms with E-state index in [-0.39, 0.29) is 11.8 Å². The summed E-state index contributed by atoms with van der Waals surface area (Å²) in [5, 5.41) is 1.13. The van der Waals surface area contributed by atoms with Crippen LogP contribution < -0.4 is 9.64 Å². The van der Waals surface area contributed by atoms with Gasteiger partial charge in [0.15, 0.2) is 0 Å². The van der Waals surface area contributed by atoms with Crippen LogP contribution in [0.4, 0.5) is 5.69 Å². The van der Waals surface area contributed by atoms with E-state index in [0.29, 0.717) is 19.0 Å². The summed E-state index contributed by atoms with van der Waals surface area (Å²) in [6.45, 7) is 4.91. The Morgan fingerprint density at radius 2 is 2.04 bits per heavy atom. The molecule has 0 fully saturated rings. The Kier molecular flexibility index (Phi) is 3.71. The zero-order valence-electron chi connectivity index (χ0n) is 14.7. The van der Waals surface area contributed by atoms with E-state index in [1.54, 1.807) is 4.90 Å². The quantitative estimate of drug-likeness (QED) is 0.721. The Morgan fingerprint density at radius 3 is 2.88 bits per heavy atom. The van der Waals surface area contributed by atoms with Crippen LogP contribution in [0.3, 0.4) is 0 Å². The van der Waals surface area contributed by atoms with Crippen LogP contribution in [0.5, 0.6) is 5.88 Å². The normalized spacial score (nSPS) is 14.9. The smallest absolute Gasteiger partial charge is 0.238 e. The average Bonchev–Trinajstić information content (AvgIpc) is 2.97. The number of anilines is 1. The third kappa shape index (κ3) is 2.56. The summed E-state index contributed by atoms with van der Waals surface area (Å²) in [5.74, 6) is 0.384. The molecule has 2 aromatic heterocycles. The first-order valence-corrected chi connectivity index (χ1v) is 8.52. The molecule has 0 spiro atoms. The van der Waals surface area contributed by atoms with E-state index < -0.39 is 0 Å². The average molecular weight is 335 g/mol. The zero-order chi connectivity index (χ0) is 17.6. The first kappa shape index (κ1) is 15.7. The van der Waals surface area contributed by atoms with Crippen molar-refractivity contribution < 1.29 is 9.53 Å². The van der Waals surface area contributed by atoms with Gasteiger partial charge in [-0.1, -0.05) is 18.2 Å². The van der Waals surface area contributed by atoms with Gasteiger partial charge in [-0.2, -0.15) is 0 Å². The molecule has 0 bridgehead atoms. The number of hydrogen-bond acceptors (Lipinski definition) is 3. The number of aryl methyl sites for hydroxylation is 2. The molecule has 1 unspecified atom stereocenters. The van der Waals surface area contributed by atoms with Crippen molar-refractivity contribution in [1.29, 1.82) is 0 Å². The van der Waals surface area contributed by atoms with Crippen molar-refractivity contribution in [3.8, 4) is 5.88 Å². The number of benzene rings is 1. The van der Waals surface area contributed by atoms with Crippen molar-refractivity contribution in [3.05, 3.63) is 53.9 Å². The van der Waals surface area contributed by atoms with Gasteiger partial charge in [-0.3, -0.25) is 4.79 Å². The Hall–Kier alpha value is -2.82. The minimum Gasteiger partial charge on any atom is -0.474 e. The summed E-state index contributed by atoms with van der Waals surface area (Å²) in [7, 11) is 2.01. The van der Waals surface area contributed by atoms with Gasteiger partial charge in [0, 0.05) is 29.8 Å². The molecular weight excluding hydrogens is 314 g/mol. The van der Waals surface area contributed by atoms with Crippen LogP contribution in [-0.4, -0.2) is 28.6 Å². The molecule has 0 aliphatic carbocycles. The van der Waals surface area contributed by atoms with E-state index in [0.717, 1.165) is 27.8 Å². The number of ether oxygens (including phenoxy) is 1. The first-order valence-electron chi connectivity index (χ1n) is 8.52. The van der Waals surface area contributed by atoms with E-state index in [9.17, 15) is 4.79 Å². The minimum absolute atomic E-state index is 0.0755. The van der Waals surface area contributed by atoms with Gasteiger partial charge in [0.25, 0.3) is 0 Å². The predicted octanol–water partition coefficient (Wildman–Crippen LogP) is 3.41. The van der Waals surface area contributed by atoms with Gasteiger partial charge in [0.2, 0.25) is 11.8 Å². The fourth-order valence-electron chi connectivity index (χ4n) is 3.51. The van der Waals surface area contributed by atoms with E-state index in [2.05, 4.69) is 27.9 Å². The van der Waals surface area contributed by atoms with Crippen molar-refractivity contribution >= 4 is 22.5 Å². The van der Waals surface area contributed by atoms with Crippen LogP contribution in [-0.2, 0) is 11.8 Å². The van der Waals surface area contributed by atoms with Crippen molar-refractivity contribution in [2.45, 2.75) is 19.8 Å². The second kappa shape index (κ2) is 5.92. The van der Waals surface area contributed by atoms with Crippen molar-refractivity contribution in [3.63, 3.8) is 0 Å². The molecule has 1 amide bonds. The van der Waals surface area contributed by atoms with Gasteiger partial charge in [0.05, 0.1) is 12.5 Å². The van der Waals surface area contributed by atoms with E-state index >= 15 is 0 Å². The number of rotatable bonds is 2. The highest BCUT2D eigenvalue weighted by atomic mass is 16.5. The number of hydrogen-bond donors (Lipinski definition) is 0. The Bertz CT molecular complexity index is 961. The predicted molar refractivity (Wildman–Crippen MR) is 98.2 cm³/mol. The lowest BCUT2D eigenvalue weighted by Crippen LogP contribution is -2.40. The van der Waals surface area contributed by atoms with Gasteiger partial charge in [-0.15, -0.1) is 0 Å². The summed E-state index contributed by atoms with van der Waals surface area (Å²) in [4.78, 5) is 19.4. The Morgan fingerprint density at radius 1 is 1.24 bits per heavy atom. The summed E-state index contributed by atoms with van der Waals surface area (Å²) in [5.41, 5.74) is 3.83. The van der Waals surface area contributed by atoms with Crippen LogP contribution >= 0.6 is 0 Å². The summed E-state index contributed by atoms with van der Waals surface area (Å²) < 4.78 is 7.71. The molecular formula is C20H21N3O2. The maximum Gasteiger partial charge on any atom is 0.238 e. The van der Waals surface area contributed by atoms with Gasteiger partial charge >= 0.3 is 0 Å². The molecule has 0 saturated carbocycles. The lowest BCUT2D eigenvalue weighted by atomic mass is 9.98. The van der Waals surface area contributed by atoms with Crippen molar-refractivity contribution in [2.24, 2.45) is 7.05 Å². The lowest BCUT2D eigenvalue weighted by molar-refractivity contribution is -0.119. The Balaban J connectivity index is 1.72. The van der Waals surface area contributed by atoms with E-state index in [4.69, 9.17) is 4.74 Å². The van der Waals surface area contributed by atoms with Crippen LogP contribution in [0.15, 0.2) is 42.6 Å². The van der Waals surface area contributed by atoms with Crippen LogP contribution in [0.1, 0.15) is 24.1 Å². The van der Waals surface area contributed by atoms with E-state index in [1.165, 1.54) is 0 Å². The standard InChI is InChI=1S/C20H21N3O2/c1-13-8-9-18-19(21-13)25-11-10-23(18)20(24)14(2)16-12-22(3)17-7-5-4-6-15(16)17/h4-9,12,14H,10-11H2,1-3H3. The minimum atomic E-state index is -0.238. The fraction of sp³-hybridized carbons (Fsp3) is 0.300. The van der Waals surface area contributed by atoms with Gasteiger partial charge in [-0.05, 0) is 37.6 Å². The maximum absolute atomic E-state index is 13.2. The molecule has 1 aliphatic heterocycles. The van der Waals surface area contributed by atoms with Crippen molar-refractivity contribution in [1.82, 2.24) is 9.55 Å². The van der Waals surface area contributed by atoms with Crippen LogP contribution in [0, 0.1) is 6.92 Å². The molecule has 0 radical (unpaired) electrons. The molecule has 0 saturated heterocycles. The molecule has 128 valence electrons. The van der Waals surface area contributed by atoms with E-state index in [1.807, 2.05) is 45.2 Å². The summed E-state index contributed by atoms with van der Waals surface area (Å²) >= 11 is 0. The molecule has 1 atom stereocenters. The first-order chi connectivity index (χ1) is 12.1. The number of para-hydroxylation sites is 1.